The summed E-state index contributed by atoms with van der Waals surface area (Å²) < 4.78 is 0. The first-order valence-corrected chi connectivity index (χ1v) is 8.50. The largest absolute Gasteiger partial charge is 0.293 e. The molecule has 0 saturated carbocycles. The van der Waals surface area contributed by atoms with Gasteiger partial charge >= 0.3 is 0 Å². The van der Waals surface area contributed by atoms with Crippen molar-refractivity contribution in [1.82, 2.24) is 0 Å². The van der Waals surface area contributed by atoms with Crippen LogP contribution < -0.4 is 0 Å². The van der Waals surface area contributed by atoms with E-state index >= 15 is 0 Å². The molecule has 0 heterocycles. The van der Waals surface area contributed by atoms with Gasteiger partial charge in [-0.2, -0.15) is 0 Å². The summed E-state index contributed by atoms with van der Waals surface area (Å²) in [5.74, 6) is 1.34. The number of hydrogen-bond donors (Lipinski definition) is 0. The molecule has 2 rings (SSSR count). The van der Waals surface area contributed by atoms with Crippen LogP contribution in [0.1, 0.15) is 27.0 Å². The second kappa shape index (κ2) is 7.35. The lowest BCUT2D eigenvalue weighted by Crippen LogP contribution is -2.02. The van der Waals surface area contributed by atoms with Crippen molar-refractivity contribution in [1.29, 1.82) is 0 Å². The predicted molar refractivity (Wildman–Crippen MR) is 92.9 cm³/mol. The number of benzene rings is 2. The van der Waals surface area contributed by atoms with Gasteiger partial charge in [0.1, 0.15) is 0 Å². The van der Waals surface area contributed by atoms with E-state index in [1.54, 1.807) is 30.0 Å². The molecule has 0 unspecified atom stereocenters. The monoisotopic (exact) mass is 338 g/mol. The van der Waals surface area contributed by atoms with Crippen molar-refractivity contribution in [3.05, 3.63) is 68.7 Å². The minimum absolute atomic E-state index is 0.0722. The van der Waals surface area contributed by atoms with Crippen LogP contribution in [-0.4, -0.2) is 11.5 Å². The molecule has 21 heavy (non-hydrogen) atoms. The topological polar surface area (TPSA) is 17.1 Å². The first-order valence-electron chi connectivity index (χ1n) is 6.59. The summed E-state index contributed by atoms with van der Waals surface area (Å²) in [5.41, 5.74) is 4.36. The zero-order valence-electron chi connectivity index (χ0n) is 12.0. The van der Waals surface area contributed by atoms with E-state index in [9.17, 15) is 4.79 Å². The Morgan fingerprint density at radius 3 is 2.29 bits per heavy atom. The fraction of sp³-hybridized carbons (Fsp3) is 0.235. The standard InChI is InChI=1S/C17H16Cl2OS/c1-11-5-12(2)7-13(6-11)9-21-10-17(20)14-3-4-15(18)16(19)8-14/h3-8H,9-10H2,1-2H3. The van der Waals surface area contributed by atoms with Crippen LogP contribution in [0.2, 0.25) is 10.0 Å². The Morgan fingerprint density at radius 1 is 1.00 bits per heavy atom. The van der Waals surface area contributed by atoms with Gasteiger partial charge < -0.3 is 0 Å². The zero-order valence-corrected chi connectivity index (χ0v) is 14.3. The Labute approximate surface area is 139 Å². The van der Waals surface area contributed by atoms with Gasteiger partial charge in [0.25, 0.3) is 0 Å². The smallest absolute Gasteiger partial charge is 0.172 e. The van der Waals surface area contributed by atoms with Crippen LogP contribution in [0.3, 0.4) is 0 Å². The molecule has 0 atom stereocenters. The Kier molecular flexibility index (Phi) is 5.74. The second-order valence-corrected chi connectivity index (χ2v) is 6.84. The molecular formula is C17H16Cl2OS. The van der Waals surface area contributed by atoms with E-state index in [4.69, 9.17) is 23.2 Å². The van der Waals surface area contributed by atoms with Crippen molar-refractivity contribution < 1.29 is 4.79 Å². The van der Waals surface area contributed by atoms with Gasteiger partial charge in [-0.15, -0.1) is 11.8 Å². The molecule has 0 aliphatic rings. The highest BCUT2D eigenvalue weighted by Gasteiger charge is 2.08. The van der Waals surface area contributed by atoms with Crippen molar-refractivity contribution in [2.24, 2.45) is 0 Å². The molecule has 0 aromatic heterocycles. The number of Topliss-reactive ketones (excluding diaryl/α,β-unsaturated/α-hetero) is 1. The maximum absolute atomic E-state index is 12.1. The highest BCUT2D eigenvalue weighted by Crippen LogP contribution is 2.24. The summed E-state index contributed by atoms with van der Waals surface area (Å²) in [6.45, 7) is 4.17. The Balaban J connectivity index is 1.93. The third-order valence-corrected chi connectivity index (χ3v) is 4.77. The molecule has 0 bridgehead atoms. The van der Waals surface area contributed by atoms with Gasteiger partial charge in [-0.25, -0.2) is 0 Å². The first kappa shape index (κ1) is 16.4. The fourth-order valence-corrected chi connectivity index (χ4v) is 3.32. The lowest BCUT2D eigenvalue weighted by Gasteiger charge is -2.06. The van der Waals surface area contributed by atoms with Crippen LogP contribution in [0.15, 0.2) is 36.4 Å². The van der Waals surface area contributed by atoms with Crippen LogP contribution in [-0.2, 0) is 5.75 Å². The molecule has 1 nitrogen and oxygen atoms in total. The second-order valence-electron chi connectivity index (χ2n) is 5.04. The van der Waals surface area contributed by atoms with Crippen LogP contribution in [0.25, 0.3) is 0 Å². The van der Waals surface area contributed by atoms with Gasteiger partial charge in [0.2, 0.25) is 0 Å². The number of rotatable bonds is 5. The van der Waals surface area contributed by atoms with Crippen molar-refractivity contribution in [3.8, 4) is 0 Å². The molecule has 0 N–H and O–H groups in total. The summed E-state index contributed by atoms with van der Waals surface area (Å²) in [4.78, 5) is 12.1. The molecule has 0 aliphatic heterocycles. The maximum atomic E-state index is 12.1. The maximum Gasteiger partial charge on any atom is 0.172 e. The van der Waals surface area contributed by atoms with Gasteiger partial charge in [0.15, 0.2) is 5.78 Å². The fourth-order valence-electron chi connectivity index (χ4n) is 2.17. The Bertz CT molecular complexity index is 648. The van der Waals surface area contributed by atoms with Crippen molar-refractivity contribution in [2.75, 3.05) is 5.75 Å². The number of aryl methyl sites for hydroxylation is 2. The van der Waals surface area contributed by atoms with E-state index in [0.29, 0.717) is 21.4 Å². The lowest BCUT2D eigenvalue weighted by molar-refractivity contribution is 0.102. The number of carbonyl (C=O) groups excluding carboxylic acids is 1. The Morgan fingerprint density at radius 2 is 1.67 bits per heavy atom. The average molecular weight is 339 g/mol. The predicted octanol–water partition coefficient (Wildman–Crippen LogP) is 5.73. The normalized spacial score (nSPS) is 10.7. The van der Waals surface area contributed by atoms with Gasteiger partial charge in [0.05, 0.1) is 15.8 Å². The number of hydrogen-bond acceptors (Lipinski definition) is 2. The van der Waals surface area contributed by atoms with Crippen LogP contribution in [0, 0.1) is 13.8 Å². The summed E-state index contributed by atoms with van der Waals surface area (Å²) in [6.07, 6.45) is 0. The molecule has 0 aliphatic carbocycles. The highest BCUT2D eigenvalue weighted by molar-refractivity contribution is 7.99. The van der Waals surface area contributed by atoms with Gasteiger partial charge in [-0.05, 0) is 37.6 Å². The van der Waals surface area contributed by atoms with Crippen molar-refractivity contribution in [3.63, 3.8) is 0 Å². The first-order chi connectivity index (χ1) is 9.95. The van der Waals surface area contributed by atoms with E-state index in [2.05, 4.69) is 32.0 Å². The highest BCUT2D eigenvalue weighted by atomic mass is 35.5. The van der Waals surface area contributed by atoms with Gasteiger partial charge in [0, 0.05) is 11.3 Å². The van der Waals surface area contributed by atoms with Gasteiger partial charge in [-0.1, -0.05) is 52.5 Å². The minimum Gasteiger partial charge on any atom is -0.293 e. The third-order valence-electron chi connectivity index (χ3n) is 3.02. The zero-order chi connectivity index (χ0) is 15.4. The Hall–Kier alpha value is -0.960. The molecule has 4 heteroatoms. The molecule has 2 aromatic carbocycles. The van der Waals surface area contributed by atoms with Gasteiger partial charge in [-0.3, -0.25) is 4.79 Å². The molecule has 0 saturated heterocycles. The quantitative estimate of drug-likeness (QED) is 0.648. The minimum atomic E-state index is 0.0722. The van der Waals surface area contributed by atoms with Crippen molar-refractivity contribution in [2.45, 2.75) is 19.6 Å². The summed E-state index contributed by atoms with van der Waals surface area (Å²) in [5, 5.41) is 0.887. The van der Waals surface area contributed by atoms with E-state index < -0.39 is 0 Å². The van der Waals surface area contributed by atoms with Crippen LogP contribution in [0.5, 0.6) is 0 Å². The summed E-state index contributed by atoms with van der Waals surface area (Å²) in [7, 11) is 0. The molecule has 0 amide bonds. The summed E-state index contributed by atoms with van der Waals surface area (Å²) in [6, 6.07) is 11.5. The third kappa shape index (κ3) is 4.77. The van der Waals surface area contributed by atoms with Crippen LogP contribution in [0.4, 0.5) is 0 Å². The van der Waals surface area contributed by atoms with Crippen LogP contribution >= 0.6 is 35.0 Å². The van der Waals surface area contributed by atoms with E-state index in [0.717, 1.165) is 5.75 Å². The number of ketones is 1. The number of carbonyl (C=O) groups is 1. The molecule has 0 spiro atoms. The average Bonchev–Trinajstić information content (AvgIpc) is 2.40. The molecule has 2 aromatic rings. The molecular weight excluding hydrogens is 323 g/mol. The van der Waals surface area contributed by atoms with E-state index in [-0.39, 0.29) is 5.78 Å². The summed E-state index contributed by atoms with van der Waals surface area (Å²) >= 11 is 13.4. The van der Waals surface area contributed by atoms with E-state index in [1.165, 1.54) is 16.7 Å². The molecule has 0 fully saturated rings. The SMILES string of the molecule is Cc1cc(C)cc(CSCC(=O)c2ccc(Cl)c(Cl)c2)c1. The molecule has 0 radical (unpaired) electrons. The number of thioether (sulfide) groups is 1. The van der Waals surface area contributed by atoms with E-state index in [1.807, 2.05) is 0 Å². The lowest BCUT2D eigenvalue weighted by atomic mass is 10.1. The van der Waals surface area contributed by atoms with Crippen molar-refractivity contribution >= 4 is 40.7 Å². The number of halogens is 2. The molecule has 110 valence electrons.